The molecule has 0 aromatic heterocycles. The Hall–Kier alpha value is -2.60. The van der Waals surface area contributed by atoms with Crippen LogP contribution in [0.15, 0.2) is 65.6 Å². The van der Waals surface area contributed by atoms with Gasteiger partial charge in [-0.2, -0.15) is 0 Å². The minimum atomic E-state index is -3.23. The molecule has 2 aromatic rings. The highest BCUT2D eigenvalue weighted by Gasteiger charge is 2.06. The lowest BCUT2D eigenvalue weighted by Gasteiger charge is -2.05. The average molecular weight is 345 g/mol. The number of carbonyl (C=O) groups is 1. The summed E-state index contributed by atoms with van der Waals surface area (Å²) in [5.41, 5.74) is 1.66. The Morgan fingerprint density at radius 1 is 1.12 bits per heavy atom. The highest BCUT2D eigenvalue weighted by atomic mass is 32.2. The van der Waals surface area contributed by atoms with Crippen LogP contribution in [0.1, 0.15) is 11.1 Å². The number of benzene rings is 2. The molecule has 0 heterocycles. The van der Waals surface area contributed by atoms with Crippen LogP contribution in [0.3, 0.4) is 0 Å². The van der Waals surface area contributed by atoms with Gasteiger partial charge in [-0.05, 0) is 23.3 Å². The maximum Gasteiger partial charge on any atom is 0.407 e. The molecule has 0 saturated heterocycles. The highest BCUT2D eigenvalue weighted by Crippen LogP contribution is 2.12. The summed E-state index contributed by atoms with van der Waals surface area (Å²) >= 11 is 0. The van der Waals surface area contributed by atoms with Crippen LogP contribution in [0.2, 0.25) is 0 Å². The van der Waals surface area contributed by atoms with E-state index in [1.165, 1.54) is 6.26 Å². The standard InChI is InChI=1S/C18H19NO4S/c1-24(21,22)17-11-5-9-15(13-17)10-6-12-19-18(20)23-14-16-7-3-2-4-8-16/h2-11,13H,12,14H2,1H3,(H,19,20). The van der Waals surface area contributed by atoms with Crippen molar-refractivity contribution < 1.29 is 17.9 Å². The van der Waals surface area contributed by atoms with Crippen LogP contribution >= 0.6 is 0 Å². The Kier molecular flexibility index (Phi) is 6.14. The van der Waals surface area contributed by atoms with Crippen LogP contribution in [0.4, 0.5) is 4.79 Å². The van der Waals surface area contributed by atoms with Gasteiger partial charge in [0.1, 0.15) is 6.61 Å². The zero-order chi connectivity index (χ0) is 17.4. The Labute approximate surface area is 141 Å². The summed E-state index contributed by atoms with van der Waals surface area (Å²) in [6.45, 7) is 0.503. The second-order valence-electron chi connectivity index (χ2n) is 5.19. The molecule has 0 aliphatic carbocycles. The van der Waals surface area contributed by atoms with Gasteiger partial charge >= 0.3 is 6.09 Å². The summed E-state index contributed by atoms with van der Waals surface area (Å²) < 4.78 is 28.1. The molecule has 2 aromatic carbocycles. The second-order valence-corrected chi connectivity index (χ2v) is 7.21. The lowest BCUT2D eigenvalue weighted by Crippen LogP contribution is -2.24. The number of amides is 1. The van der Waals surface area contributed by atoms with Crippen molar-refractivity contribution in [1.29, 1.82) is 0 Å². The van der Waals surface area contributed by atoms with E-state index < -0.39 is 15.9 Å². The van der Waals surface area contributed by atoms with E-state index in [9.17, 15) is 13.2 Å². The summed E-state index contributed by atoms with van der Waals surface area (Å²) in [5.74, 6) is 0. The predicted molar refractivity (Wildman–Crippen MR) is 93.2 cm³/mol. The molecule has 1 amide bonds. The third-order valence-corrected chi connectivity index (χ3v) is 4.28. The van der Waals surface area contributed by atoms with Gasteiger partial charge in [0, 0.05) is 12.8 Å². The van der Waals surface area contributed by atoms with E-state index >= 15 is 0 Å². The highest BCUT2D eigenvalue weighted by molar-refractivity contribution is 7.90. The molecule has 0 aliphatic heterocycles. The molecule has 0 radical (unpaired) electrons. The lowest BCUT2D eigenvalue weighted by molar-refractivity contribution is 0.141. The topological polar surface area (TPSA) is 72.5 Å². The molecule has 0 spiro atoms. The van der Waals surface area contributed by atoms with E-state index in [0.717, 1.165) is 11.1 Å². The van der Waals surface area contributed by atoms with Crippen LogP contribution in [-0.4, -0.2) is 27.3 Å². The van der Waals surface area contributed by atoms with E-state index in [1.54, 1.807) is 36.4 Å². The molecule has 1 N–H and O–H groups in total. The van der Waals surface area contributed by atoms with E-state index in [1.807, 2.05) is 30.3 Å². The molecule has 0 saturated carbocycles. The summed E-state index contributed by atoms with van der Waals surface area (Å²) in [4.78, 5) is 11.8. The number of hydrogen-bond donors (Lipinski definition) is 1. The number of sulfone groups is 1. The van der Waals surface area contributed by atoms with Crippen LogP contribution in [0.5, 0.6) is 0 Å². The van der Waals surface area contributed by atoms with Gasteiger partial charge in [-0.1, -0.05) is 54.6 Å². The molecule has 0 aliphatic rings. The van der Waals surface area contributed by atoms with Crippen LogP contribution in [-0.2, 0) is 21.2 Å². The van der Waals surface area contributed by atoms with Crippen molar-refractivity contribution in [3.05, 3.63) is 71.8 Å². The summed E-state index contributed by atoms with van der Waals surface area (Å²) in [7, 11) is -3.23. The molecule has 2 rings (SSSR count). The van der Waals surface area contributed by atoms with Crippen LogP contribution in [0.25, 0.3) is 6.08 Å². The molecule has 126 valence electrons. The normalized spacial score (nSPS) is 11.4. The van der Waals surface area contributed by atoms with Crippen LogP contribution in [0, 0.1) is 0 Å². The van der Waals surface area contributed by atoms with Gasteiger partial charge in [0.2, 0.25) is 0 Å². The fourth-order valence-corrected chi connectivity index (χ4v) is 2.64. The Morgan fingerprint density at radius 2 is 1.88 bits per heavy atom. The molecule has 0 atom stereocenters. The van der Waals surface area contributed by atoms with E-state index in [4.69, 9.17) is 4.74 Å². The van der Waals surface area contributed by atoms with Gasteiger partial charge in [0.25, 0.3) is 0 Å². The zero-order valence-electron chi connectivity index (χ0n) is 13.3. The molecule has 0 unspecified atom stereocenters. The van der Waals surface area contributed by atoms with Gasteiger partial charge < -0.3 is 10.1 Å². The van der Waals surface area contributed by atoms with Crippen molar-refractivity contribution in [2.24, 2.45) is 0 Å². The van der Waals surface area contributed by atoms with Crippen molar-refractivity contribution in [2.75, 3.05) is 12.8 Å². The SMILES string of the molecule is CS(=O)(=O)c1cccc(C=CCNC(=O)OCc2ccccc2)c1. The van der Waals surface area contributed by atoms with Gasteiger partial charge in [0.15, 0.2) is 9.84 Å². The number of ether oxygens (including phenoxy) is 1. The summed E-state index contributed by atoms with van der Waals surface area (Å²) in [6.07, 6.45) is 4.13. The minimum absolute atomic E-state index is 0.215. The maximum atomic E-state index is 11.6. The van der Waals surface area contributed by atoms with E-state index in [-0.39, 0.29) is 18.0 Å². The second kappa shape index (κ2) is 8.31. The van der Waals surface area contributed by atoms with Crippen molar-refractivity contribution in [3.8, 4) is 0 Å². The van der Waals surface area contributed by atoms with Crippen molar-refractivity contribution >= 4 is 22.0 Å². The Bertz CT molecular complexity index is 814. The predicted octanol–water partition coefficient (Wildman–Crippen LogP) is 3.03. The maximum absolute atomic E-state index is 11.6. The fraction of sp³-hybridized carbons (Fsp3) is 0.167. The first-order valence-electron chi connectivity index (χ1n) is 7.36. The summed E-state index contributed by atoms with van der Waals surface area (Å²) in [6, 6.07) is 16.0. The molecule has 24 heavy (non-hydrogen) atoms. The third-order valence-electron chi connectivity index (χ3n) is 3.17. The van der Waals surface area contributed by atoms with Gasteiger partial charge in [-0.25, -0.2) is 13.2 Å². The molecule has 0 fully saturated rings. The van der Waals surface area contributed by atoms with Crippen molar-refractivity contribution in [1.82, 2.24) is 5.32 Å². The monoisotopic (exact) mass is 345 g/mol. The fourth-order valence-electron chi connectivity index (χ4n) is 1.96. The first kappa shape index (κ1) is 17.7. The zero-order valence-corrected chi connectivity index (χ0v) is 14.1. The number of nitrogens with one attached hydrogen (secondary N) is 1. The lowest BCUT2D eigenvalue weighted by atomic mass is 10.2. The van der Waals surface area contributed by atoms with Gasteiger partial charge in [-0.3, -0.25) is 0 Å². The van der Waals surface area contributed by atoms with Gasteiger partial charge in [0.05, 0.1) is 4.90 Å². The van der Waals surface area contributed by atoms with Gasteiger partial charge in [-0.15, -0.1) is 0 Å². The van der Waals surface area contributed by atoms with Crippen molar-refractivity contribution in [2.45, 2.75) is 11.5 Å². The molecule has 0 bridgehead atoms. The van der Waals surface area contributed by atoms with Crippen LogP contribution < -0.4 is 5.32 Å². The smallest absolute Gasteiger partial charge is 0.407 e. The molecule has 6 heteroatoms. The number of alkyl carbamates (subject to hydrolysis) is 1. The molecular weight excluding hydrogens is 326 g/mol. The molecular formula is C18H19NO4S. The number of hydrogen-bond acceptors (Lipinski definition) is 4. The number of carbonyl (C=O) groups excluding carboxylic acids is 1. The summed E-state index contributed by atoms with van der Waals surface area (Å²) in [5, 5.41) is 2.60. The largest absolute Gasteiger partial charge is 0.445 e. The minimum Gasteiger partial charge on any atom is -0.445 e. The first-order chi connectivity index (χ1) is 11.4. The van der Waals surface area contributed by atoms with E-state index in [2.05, 4.69) is 5.32 Å². The van der Waals surface area contributed by atoms with Crippen molar-refractivity contribution in [3.63, 3.8) is 0 Å². The quantitative estimate of drug-likeness (QED) is 0.873. The van der Waals surface area contributed by atoms with E-state index in [0.29, 0.717) is 0 Å². The Balaban J connectivity index is 1.79. The first-order valence-corrected chi connectivity index (χ1v) is 9.25. The third kappa shape index (κ3) is 5.89. The average Bonchev–Trinajstić information content (AvgIpc) is 2.57. The number of rotatable bonds is 6. The Morgan fingerprint density at radius 3 is 2.58 bits per heavy atom. The molecule has 5 nitrogen and oxygen atoms in total.